The van der Waals surface area contributed by atoms with E-state index in [2.05, 4.69) is 27.6 Å². The fraction of sp³-hybridized carbons (Fsp3) is 0.219. The third-order valence-corrected chi connectivity index (χ3v) is 9.04. The second-order valence-electron chi connectivity index (χ2n) is 9.76. The molecule has 4 aromatic rings. The number of aryl methyl sites for hydroxylation is 1. The number of benzene rings is 3. The van der Waals surface area contributed by atoms with Crippen LogP contribution in [0.25, 0.3) is 6.08 Å². The maximum atomic E-state index is 14.1. The zero-order valence-electron chi connectivity index (χ0n) is 23.7. The van der Waals surface area contributed by atoms with E-state index in [9.17, 15) is 9.59 Å². The molecule has 2 heterocycles. The molecule has 0 saturated heterocycles. The van der Waals surface area contributed by atoms with Crippen molar-refractivity contribution in [3.8, 4) is 11.5 Å². The molecule has 11 heteroatoms. The van der Waals surface area contributed by atoms with Crippen molar-refractivity contribution >= 4 is 69.2 Å². The molecule has 43 heavy (non-hydrogen) atoms. The first-order valence-corrected chi connectivity index (χ1v) is 16.0. The first kappa shape index (κ1) is 31.3. The molecule has 0 saturated carbocycles. The molecule has 0 unspecified atom stereocenters. The van der Waals surface area contributed by atoms with Crippen LogP contribution in [0.1, 0.15) is 42.1 Å². The Bertz CT molecular complexity index is 1930. The van der Waals surface area contributed by atoms with Gasteiger partial charge in [0, 0.05) is 24.7 Å². The minimum Gasteiger partial charge on any atom is -0.493 e. The lowest BCUT2D eigenvalue weighted by molar-refractivity contribution is -0.139. The summed E-state index contributed by atoms with van der Waals surface area (Å²) in [6.45, 7) is 5.87. The lowest BCUT2D eigenvalue weighted by atomic mass is 9.95. The van der Waals surface area contributed by atoms with Gasteiger partial charge in [0.15, 0.2) is 16.3 Å². The van der Waals surface area contributed by atoms with Gasteiger partial charge in [0.25, 0.3) is 5.56 Å². The van der Waals surface area contributed by atoms with E-state index in [4.69, 9.17) is 37.4 Å². The van der Waals surface area contributed by atoms with Crippen LogP contribution in [0.5, 0.6) is 11.5 Å². The predicted molar refractivity (Wildman–Crippen MR) is 178 cm³/mol. The molecule has 1 aliphatic rings. The molecule has 0 N–H and O–H groups in total. The third-order valence-electron chi connectivity index (χ3n) is 6.85. The molecule has 0 radical (unpaired) electrons. The summed E-state index contributed by atoms with van der Waals surface area (Å²) in [5.41, 5.74) is 3.81. The van der Waals surface area contributed by atoms with Crippen LogP contribution in [0.4, 0.5) is 0 Å². The van der Waals surface area contributed by atoms with Crippen LogP contribution in [-0.4, -0.2) is 24.3 Å². The topological polar surface area (TPSA) is 79.1 Å². The van der Waals surface area contributed by atoms with Crippen LogP contribution >= 0.6 is 57.1 Å². The Kier molecular flexibility index (Phi) is 9.65. The van der Waals surface area contributed by atoms with Gasteiger partial charge >= 0.3 is 5.97 Å². The number of thiazole rings is 1. The number of nitrogens with zero attached hydrogens (tertiary/aromatic N) is 2. The standard InChI is InChI=1S/C32H27Cl2IN2O5S/c1-5-41-31(39)27-18(3)36-32-37(28(27)19-8-6-17(2)7-9-19)30(38)26(43-32)13-21-12-23(35)15-25(40-4)29(21)42-16-20-10-11-22(33)14-24(20)34/h6-15,28H,5,16H2,1-4H3/b26-13-/t28-/m1/s1. The van der Waals surface area contributed by atoms with Crippen molar-refractivity contribution in [1.82, 2.24) is 4.57 Å². The van der Waals surface area contributed by atoms with Crippen LogP contribution in [0, 0.1) is 10.5 Å². The minimum absolute atomic E-state index is 0.157. The normalized spacial score (nSPS) is 14.8. The Balaban J connectivity index is 1.66. The van der Waals surface area contributed by atoms with Crippen molar-refractivity contribution < 1.29 is 19.0 Å². The molecule has 0 fully saturated rings. The number of hydrogen-bond donors (Lipinski definition) is 0. The lowest BCUT2D eigenvalue weighted by Crippen LogP contribution is -2.39. The second kappa shape index (κ2) is 13.3. The van der Waals surface area contributed by atoms with Crippen LogP contribution in [-0.2, 0) is 16.1 Å². The molecule has 5 rings (SSSR count). The summed E-state index contributed by atoms with van der Waals surface area (Å²) in [5, 5.41) is 1.01. The highest BCUT2D eigenvalue weighted by molar-refractivity contribution is 14.1. The number of aromatic nitrogens is 1. The molecule has 7 nitrogen and oxygen atoms in total. The summed E-state index contributed by atoms with van der Waals surface area (Å²) in [6, 6.07) is 16.0. The molecule has 222 valence electrons. The highest BCUT2D eigenvalue weighted by atomic mass is 127. The molecule has 0 amide bonds. The number of ether oxygens (including phenoxy) is 3. The number of rotatable bonds is 8. The number of methoxy groups -OCH3 is 1. The van der Waals surface area contributed by atoms with Gasteiger partial charge in [0.1, 0.15) is 6.61 Å². The Morgan fingerprint density at radius 2 is 1.86 bits per heavy atom. The Morgan fingerprint density at radius 1 is 1.12 bits per heavy atom. The molecule has 1 aliphatic heterocycles. The molecular weight excluding hydrogens is 722 g/mol. The predicted octanol–water partition coefficient (Wildman–Crippen LogP) is 6.61. The summed E-state index contributed by atoms with van der Waals surface area (Å²) >= 11 is 15.9. The van der Waals surface area contributed by atoms with Crippen molar-refractivity contribution in [1.29, 1.82) is 0 Å². The second-order valence-corrected chi connectivity index (χ2v) is 12.9. The summed E-state index contributed by atoms with van der Waals surface area (Å²) < 4.78 is 20.2. The van der Waals surface area contributed by atoms with Gasteiger partial charge in [-0.1, -0.05) is 70.4 Å². The van der Waals surface area contributed by atoms with E-state index >= 15 is 0 Å². The SMILES string of the molecule is CCOC(=O)C1=C(C)N=c2s/c(=C\c3cc(I)cc(OC)c3OCc3ccc(Cl)cc3Cl)c(=O)n2[C@@H]1c1ccc(C)cc1. The van der Waals surface area contributed by atoms with Gasteiger partial charge in [-0.15, -0.1) is 0 Å². The van der Waals surface area contributed by atoms with Gasteiger partial charge in [-0.25, -0.2) is 9.79 Å². The first-order chi connectivity index (χ1) is 20.6. The van der Waals surface area contributed by atoms with Crippen LogP contribution in [0.15, 0.2) is 75.7 Å². The lowest BCUT2D eigenvalue weighted by Gasteiger charge is -2.24. The molecule has 3 aromatic carbocycles. The van der Waals surface area contributed by atoms with Gasteiger partial charge in [0.05, 0.1) is 35.6 Å². The number of carbonyl (C=O) groups excluding carboxylic acids is 1. The molecule has 0 bridgehead atoms. The van der Waals surface area contributed by atoms with E-state index < -0.39 is 12.0 Å². The van der Waals surface area contributed by atoms with E-state index in [0.717, 1.165) is 20.3 Å². The molecule has 1 aromatic heterocycles. The monoisotopic (exact) mass is 748 g/mol. The van der Waals surface area contributed by atoms with Crippen molar-refractivity contribution in [2.75, 3.05) is 13.7 Å². The smallest absolute Gasteiger partial charge is 0.338 e. The quantitative estimate of drug-likeness (QED) is 0.150. The van der Waals surface area contributed by atoms with E-state index in [1.807, 2.05) is 43.3 Å². The van der Waals surface area contributed by atoms with Gasteiger partial charge in [-0.05, 0) is 79.3 Å². The van der Waals surface area contributed by atoms with Gasteiger partial charge in [-0.2, -0.15) is 0 Å². The largest absolute Gasteiger partial charge is 0.493 e. The van der Waals surface area contributed by atoms with Crippen molar-refractivity contribution in [3.63, 3.8) is 0 Å². The number of allylic oxidation sites excluding steroid dienone is 1. The van der Waals surface area contributed by atoms with Crippen molar-refractivity contribution in [2.45, 2.75) is 33.4 Å². The number of esters is 1. The fourth-order valence-corrected chi connectivity index (χ4v) is 6.91. The minimum atomic E-state index is -0.689. The zero-order valence-corrected chi connectivity index (χ0v) is 28.2. The maximum absolute atomic E-state index is 14.1. The van der Waals surface area contributed by atoms with Crippen molar-refractivity contribution in [3.05, 3.63) is 121 Å². The number of halogens is 3. The maximum Gasteiger partial charge on any atom is 0.338 e. The Labute approximate surface area is 276 Å². The zero-order chi connectivity index (χ0) is 30.8. The van der Waals surface area contributed by atoms with Gasteiger partial charge in [0.2, 0.25) is 0 Å². The third kappa shape index (κ3) is 6.55. The first-order valence-electron chi connectivity index (χ1n) is 13.3. The molecule has 0 spiro atoms. The average Bonchev–Trinajstić information content (AvgIpc) is 3.26. The van der Waals surface area contributed by atoms with Crippen LogP contribution < -0.4 is 24.4 Å². The highest BCUT2D eigenvalue weighted by Crippen LogP contribution is 2.36. The molecule has 0 aliphatic carbocycles. The van der Waals surface area contributed by atoms with Crippen LogP contribution in [0.2, 0.25) is 10.0 Å². The van der Waals surface area contributed by atoms with E-state index in [-0.39, 0.29) is 18.8 Å². The van der Waals surface area contributed by atoms with Gasteiger partial charge < -0.3 is 14.2 Å². The van der Waals surface area contributed by atoms with E-state index in [1.54, 1.807) is 49.8 Å². The average molecular weight is 749 g/mol. The summed E-state index contributed by atoms with van der Waals surface area (Å²) in [5.74, 6) is 0.467. The fourth-order valence-electron chi connectivity index (χ4n) is 4.79. The number of carbonyl (C=O) groups is 1. The highest BCUT2D eigenvalue weighted by Gasteiger charge is 2.33. The number of fused-ring (bicyclic) bond motifs is 1. The summed E-state index contributed by atoms with van der Waals surface area (Å²) in [6.07, 6.45) is 1.77. The van der Waals surface area contributed by atoms with Crippen molar-refractivity contribution in [2.24, 2.45) is 4.99 Å². The van der Waals surface area contributed by atoms with E-state index in [1.165, 1.54) is 11.3 Å². The molecule has 1 atom stereocenters. The summed E-state index contributed by atoms with van der Waals surface area (Å²) in [4.78, 5) is 32.4. The van der Waals surface area contributed by atoms with Gasteiger partial charge in [-0.3, -0.25) is 9.36 Å². The Morgan fingerprint density at radius 3 is 2.53 bits per heavy atom. The van der Waals surface area contributed by atoms with Crippen LogP contribution in [0.3, 0.4) is 0 Å². The van der Waals surface area contributed by atoms with E-state index in [0.29, 0.717) is 47.7 Å². The Hall–Kier alpha value is -3.12. The summed E-state index contributed by atoms with van der Waals surface area (Å²) in [7, 11) is 1.56. The number of hydrogen-bond acceptors (Lipinski definition) is 7. The molecular formula is C32H27Cl2IN2O5S.